The highest BCUT2D eigenvalue weighted by Crippen LogP contribution is 2.55. The van der Waals surface area contributed by atoms with Gasteiger partial charge in [-0.15, -0.1) is 0 Å². The molecular weight excluding hydrogens is 616 g/mol. The van der Waals surface area contributed by atoms with Crippen LogP contribution in [-0.2, 0) is 23.9 Å². The Morgan fingerprint density at radius 1 is 1.13 bits per heavy atom. The van der Waals surface area contributed by atoms with Crippen LogP contribution in [0.2, 0.25) is 5.02 Å². The fourth-order valence-electron chi connectivity index (χ4n) is 7.09. The molecule has 2 amide bonds. The highest BCUT2D eigenvalue weighted by molar-refractivity contribution is 6.32. The van der Waals surface area contributed by atoms with E-state index in [0.717, 1.165) is 12.1 Å². The van der Waals surface area contributed by atoms with Crippen molar-refractivity contribution < 1.29 is 48.6 Å². The third-order valence-electron chi connectivity index (χ3n) is 8.96. The normalized spacial score (nSPS) is 30.7. The molecule has 16 heteroatoms. The van der Waals surface area contributed by atoms with Crippen molar-refractivity contribution >= 4 is 58.1 Å². The molecule has 3 aliphatic rings. The van der Waals surface area contributed by atoms with Crippen LogP contribution in [0.15, 0.2) is 36.4 Å². The number of aromatic hydroxyl groups is 1. The van der Waals surface area contributed by atoms with Gasteiger partial charge in [-0.05, 0) is 43.8 Å². The van der Waals surface area contributed by atoms with Gasteiger partial charge in [0, 0.05) is 17.0 Å². The van der Waals surface area contributed by atoms with Gasteiger partial charge in [-0.2, -0.15) is 0 Å². The Hall–Kier alpha value is -4.73. The minimum Gasteiger partial charge on any atom is -0.507 e. The lowest BCUT2D eigenvalue weighted by Gasteiger charge is -2.56. The number of phenols is 1. The van der Waals surface area contributed by atoms with Crippen molar-refractivity contribution in [3.05, 3.63) is 62.7 Å². The third kappa shape index (κ3) is 4.65. The largest absolute Gasteiger partial charge is 0.507 e. The summed E-state index contributed by atoms with van der Waals surface area (Å²) in [5.74, 6) is -15.0. The van der Waals surface area contributed by atoms with Crippen LogP contribution in [0.25, 0.3) is 0 Å². The molecule has 0 bridgehead atoms. The van der Waals surface area contributed by atoms with E-state index in [2.05, 4.69) is 5.32 Å². The van der Waals surface area contributed by atoms with Gasteiger partial charge in [0.05, 0.1) is 28.4 Å². The number of likely N-dealkylation sites (N-methyl/N-ethyl adjacent to an activating group) is 1. The number of nitro groups is 1. The number of rotatable bonds is 5. The summed E-state index contributed by atoms with van der Waals surface area (Å²) in [5, 5.41) is 36.4. The Bertz CT molecular complexity index is 1710. The van der Waals surface area contributed by atoms with Crippen LogP contribution in [0, 0.1) is 33.8 Å². The molecule has 0 spiro atoms. The molecule has 45 heavy (non-hydrogen) atoms. The second-order valence-corrected chi connectivity index (χ2v) is 12.0. The van der Waals surface area contributed by atoms with Crippen LogP contribution in [0.1, 0.15) is 28.8 Å². The van der Waals surface area contributed by atoms with Crippen molar-refractivity contribution in [2.24, 2.45) is 29.4 Å². The Morgan fingerprint density at radius 3 is 2.40 bits per heavy atom. The van der Waals surface area contributed by atoms with E-state index >= 15 is 0 Å². The van der Waals surface area contributed by atoms with E-state index in [0.29, 0.717) is 0 Å². The van der Waals surface area contributed by atoms with Gasteiger partial charge in [-0.25, -0.2) is 4.79 Å². The second kappa shape index (κ2) is 11.0. The number of carbonyl (C=O) groups is 6. The Morgan fingerprint density at radius 2 is 1.80 bits per heavy atom. The van der Waals surface area contributed by atoms with E-state index in [1.54, 1.807) is 6.92 Å². The van der Waals surface area contributed by atoms with Gasteiger partial charge in [0.2, 0.25) is 5.91 Å². The first-order valence-electron chi connectivity index (χ1n) is 13.6. The maximum absolute atomic E-state index is 14.2. The summed E-state index contributed by atoms with van der Waals surface area (Å²) in [4.78, 5) is 93.3. The average molecular weight is 643 g/mol. The minimum atomic E-state index is -3.22. The first kappa shape index (κ1) is 31.7. The second-order valence-electron chi connectivity index (χ2n) is 11.5. The maximum Gasteiger partial charge on any atom is 0.412 e. The molecular formula is C29H27ClN4O11. The van der Waals surface area contributed by atoms with Crippen molar-refractivity contribution in [1.29, 1.82) is 0 Å². The van der Waals surface area contributed by atoms with E-state index < -0.39 is 98.8 Å². The average Bonchev–Trinajstić information content (AvgIpc) is 2.95. The number of hydrogen-bond donors (Lipinski definition) is 4. The number of aliphatic hydroxyl groups is 1. The molecule has 3 aliphatic carbocycles. The predicted molar refractivity (Wildman–Crippen MR) is 153 cm³/mol. The molecule has 236 valence electrons. The van der Waals surface area contributed by atoms with Crippen molar-refractivity contribution in [1.82, 2.24) is 4.90 Å². The predicted octanol–water partition coefficient (Wildman–Crippen LogP) is 1.22. The number of ketones is 4. The number of nitro benzene ring substituents is 1. The summed E-state index contributed by atoms with van der Waals surface area (Å²) in [5.41, 5.74) is 1.23. The van der Waals surface area contributed by atoms with Crippen molar-refractivity contribution in [2.45, 2.75) is 30.6 Å². The van der Waals surface area contributed by atoms with E-state index in [1.807, 2.05) is 0 Å². The molecule has 0 radical (unpaired) electrons. The summed E-state index contributed by atoms with van der Waals surface area (Å²) in [6, 6.07) is 5.93. The number of phenolic OH excluding ortho intramolecular Hbond substituents is 1. The quantitative estimate of drug-likeness (QED) is 0.205. The molecule has 5 rings (SSSR count). The number of benzene rings is 2. The number of ether oxygens (including phenoxy) is 1. The molecule has 0 aromatic heterocycles. The van der Waals surface area contributed by atoms with Crippen LogP contribution >= 0.6 is 11.6 Å². The summed E-state index contributed by atoms with van der Waals surface area (Å²) in [7, 11) is 2.73. The summed E-state index contributed by atoms with van der Waals surface area (Å²) in [6.07, 6.45) is -3.11. The lowest BCUT2D eigenvalue weighted by atomic mass is 9.49. The Labute approximate surface area is 259 Å². The molecule has 2 fully saturated rings. The number of fused-ring (bicyclic) bond motifs is 3. The lowest BCUT2D eigenvalue weighted by Crippen LogP contribution is -2.78. The van der Waals surface area contributed by atoms with Gasteiger partial charge in [0.25, 0.3) is 5.69 Å². The standard InChI is InChI=1S/C29H27ClN4O11/c1-10-12-5-4-6-15(35)17(12)22(36)18-16(10)24(45-28(41)32-13-8-7-11(30)9-14(13)34(43)44)20-21(33(2)3)23(37)19(27(31)40)26(39)29(20,42)25(18)38/h4-10,16,18-21,24,35,42H,1-3H3,(H2,31,40)(H,32,41)/t10-,16+,18?,19?,20+,21-,24-,29-/m0/s1. The summed E-state index contributed by atoms with van der Waals surface area (Å²) >= 11 is 5.86. The van der Waals surface area contributed by atoms with Crippen LogP contribution in [0.3, 0.4) is 0 Å². The first-order chi connectivity index (χ1) is 21.0. The van der Waals surface area contributed by atoms with Crippen LogP contribution in [-0.4, -0.2) is 87.0 Å². The maximum atomic E-state index is 14.2. The number of halogens is 1. The van der Waals surface area contributed by atoms with Gasteiger partial charge in [0.15, 0.2) is 34.7 Å². The molecule has 2 aromatic rings. The molecule has 15 nitrogen and oxygen atoms in total. The fraction of sp³-hybridized carbons (Fsp3) is 0.379. The number of nitrogens with two attached hydrogens (primary N) is 1. The highest BCUT2D eigenvalue weighted by atomic mass is 35.5. The zero-order chi connectivity index (χ0) is 33.3. The van der Waals surface area contributed by atoms with E-state index in [1.165, 1.54) is 43.3 Å². The first-order valence-corrected chi connectivity index (χ1v) is 14.0. The number of carbonyl (C=O) groups excluding carboxylic acids is 6. The molecule has 0 heterocycles. The van der Waals surface area contributed by atoms with E-state index in [9.17, 15) is 49.1 Å². The number of amides is 2. The summed E-state index contributed by atoms with van der Waals surface area (Å²) < 4.78 is 5.77. The van der Waals surface area contributed by atoms with E-state index in [-0.39, 0.29) is 21.8 Å². The zero-order valence-electron chi connectivity index (χ0n) is 23.9. The van der Waals surface area contributed by atoms with Crippen LogP contribution in [0.5, 0.6) is 5.75 Å². The van der Waals surface area contributed by atoms with Crippen molar-refractivity contribution in [3.63, 3.8) is 0 Å². The van der Waals surface area contributed by atoms with E-state index in [4.69, 9.17) is 22.1 Å². The molecule has 2 aromatic carbocycles. The molecule has 5 N–H and O–H groups in total. The van der Waals surface area contributed by atoms with Crippen molar-refractivity contribution in [2.75, 3.05) is 19.4 Å². The monoisotopic (exact) mass is 642 g/mol. The SMILES string of the molecule is C[C@H]1c2cccc(O)c2C(=O)C2C(=O)[C@]3(O)C(=O)C(C(N)=O)C(=O)[C@@H](N(C)C)[C@@H]3[C@@H](OC(=O)Nc3ccc(Cl)cc3[N+](=O)[O-])[C@@H]21. The molecule has 2 unspecified atom stereocenters. The number of nitrogens with one attached hydrogen (secondary N) is 1. The highest BCUT2D eigenvalue weighted by Gasteiger charge is 2.74. The molecule has 0 aliphatic heterocycles. The number of nitrogens with zero attached hydrogens (tertiary/aromatic N) is 2. The van der Waals surface area contributed by atoms with Gasteiger partial charge >= 0.3 is 6.09 Å². The molecule has 2 saturated carbocycles. The third-order valence-corrected chi connectivity index (χ3v) is 9.20. The lowest BCUT2D eigenvalue weighted by molar-refractivity contribution is -0.383. The van der Waals surface area contributed by atoms with Crippen LogP contribution in [0.4, 0.5) is 16.2 Å². The zero-order valence-corrected chi connectivity index (χ0v) is 24.7. The number of anilines is 1. The van der Waals surface area contributed by atoms with Gasteiger partial charge in [-0.1, -0.05) is 30.7 Å². The fourth-order valence-corrected chi connectivity index (χ4v) is 7.26. The smallest absolute Gasteiger partial charge is 0.412 e. The number of Topliss-reactive ketones (excluding diaryl/α,β-unsaturated/α-hetero) is 4. The van der Waals surface area contributed by atoms with Gasteiger partial charge in [-0.3, -0.25) is 44.3 Å². The van der Waals surface area contributed by atoms with Gasteiger partial charge in [0.1, 0.15) is 17.5 Å². The topological polar surface area (TPSA) is 237 Å². The van der Waals surface area contributed by atoms with Crippen molar-refractivity contribution in [3.8, 4) is 5.75 Å². The molecule has 8 atom stereocenters. The van der Waals surface area contributed by atoms with Gasteiger partial charge < -0.3 is 20.7 Å². The number of hydrogen-bond acceptors (Lipinski definition) is 12. The Balaban J connectivity index is 1.71. The molecule has 0 saturated heterocycles. The Kier molecular flexibility index (Phi) is 7.75. The summed E-state index contributed by atoms with van der Waals surface area (Å²) in [6.45, 7) is 1.57. The van der Waals surface area contributed by atoms with Crippen LogP contribution < -0.4 is 11.1 Å². The number of primary amides is 1. The minimum absolute atomic E-state index is 0.00663.